The zero-order valence-corrected chi connectivity index (χ0v) is 15.0. The van der Waals surface area contributed by atoms with Gasteiger partial charge in [0, 0.05) is 39.7 Å². The number of nitrogens with zero attached hydrogens (tertiary/aromatic N) is 1. The van der Waals surface area contributed by atoms with Gasteiger partial charge < -0.3 is 9.88 Å². The maximum absolute atomic E-state index is 3.51. The van der Waals surface area contributed by atoms with E-state index in [0.717, 1.165) is 6.54 Å². The molecule has 130 valence electrons. The first-order chi connectivity index (χ1) is 13.4. The molecule has 0 bridgehead atoms. The Hall–Kier alpha value is -3.52. The number of nitrogens with one attached hydrogen (secondary N) is 1. The lowest BCUT2D eigenvalue weighted by molar-refractivity contribution is 0.978. The molecule has 4 aromatic carbocycles. The second kappa shape index (κ2) is 6.65. The van der Waals surface area contributed by atoms with E-state index in [2.05, 4.69) is 113 Å². The highest BCUT2D eigenvalue weighted by atomic mass is 15.1. The normalized spacial score (nSPS) is 11.1. The van der Waals surface area contributed by atoms with Crippen LogP contribution in [0.3, 0.4) is 0 Å². The Labute approximate surface area is 158 Å². The molecule has 0 spiro atoms. The molecule has 0 amide bonds. The van der Waals surface area contributed by atoms with Crippen LogP contribution in [-0.4, -0.2) is 4.98 Å². The molecule has 2 nitrogen and oxygen atoms in total. The maximum atomic E-state index is 3.51. The first kappa shape index (κ1) is 15.7. The van der Waals surface area contributed by atoms with Crippen LogP contribution < -0.4 is 4.90 Å². The zero-order valence-electron chi connectivity index (χ0n) is 15.0. The standard InChI is InChI=1S/C25H20N2/c1-3-9-20(10-4-1)27(21-11-5-2-6-12-21)18-19-15-16-25-23(17-19)22-13-7-8-14-24(22)26-25/h1-17,26H,18H2. The Morgan fingerprint density at radius 2 is 1.15 bits per heavy atom. The third-order valence-corrected chi connectivity index (χ3v) is 5.05. The number of hydrogen-bond donors (Lipinski definition) is 1. The van der Waals surface area contributed by atoms with Gasteiger partial charge in [0.25, 0.3) is 0 Å². The monoisotopic (exact) mass is 348 g/mol. The average molecular weight is 348 g/mol. The van der Waals surface area contributed by atoms with E-state index in [0.29, 0.717) is 0 Å². The molecule has 0 unspecified atom stereocenters. The van der Waals surface area contributed by atoms with Crippen molar-refractivity contribution in [1.29, 1.82) is 0 Å². The quantitative estimate of drug-likeness (QED) is 0.385. The van der Waals surface area contributed by atoms with Gasteiger partial charge in [0.1, 0.15) is 0 Å². The first-order valence-corrected chi connectivity index (χ1v) is 9.25. The summed E-state index contributed by atoms with van der Waals surface area (Å²) in [7, 11) is 0. The summed E-state index contributed by atoms with van der Waals surface area (Å²) in [6.45, 7) is 0.823. The Balaban J connectivity index is 1.59. The van der Waals surface area contributed by atoms with Crippen molar-refractivity contribution in [3.8, 4) is 0 Å². The van der Waals surface area contributed by atoms with Gasteiger partial charge in [0.15, 0.2) is 0 Å². The number of benzene rings is 4. The number of fused-ring (bicyclic) bond motifs is 3. The number of rotatable bonds is 4. The van der Waals surface area contributed by atoms with E-state index in [-0.39, 0.29) is 0 Å². The van der Waals surface area contributed by atoms with Crippen molar-refractivity contribution >= 4 is 33.2 Å². The van der Waals surface area contributed by atoms with Crippen LogP contribution in [0.25, 0.3) is 21.8 Å². The summed E-state index contributed by atoms with van der Waals surface area (Å²) in [6.07, 6.45) is 0. The molecule has 0 aliphatic rings. The van der Waals surface area contributed by atoms with E-state index >= 15 is 0 Å². The molecule has 1 heterocycles. The summed E-state index contributed by atoms with van der Waals surface area (Å²) in [5.41, 5.74) is 6.06. The van der Waals surface area contributed by atoms with E-state index in [4.69, 9.17) is 0 Å². The van der Waals surface area contributed by atoms with E-state index in [9.17, 15) is 0 Å². The van der Waals surface area contributed by atoms with Crippen LogP contribution in [0.2, 0.25) is 0 Å². The minimum atomic E-state index is 0.823. The van der Waals surface area contributed by atoms with Crippen molar-refractivity contribution in [1.82, 2.24) is 4.98 Å². The lowest BCUT2D eigenvalue weighted by Gasteiger charge is -2.25. The summed E-state index contributed by atoms with van der Waals surface area (Å²) >= 11 is 0. The Bertz CT molecular complexity index is 1150. The number of para-hydroxylation sites is 3. The van der Waals surface area contributed by atoms with Crippen LogP contribution in [0, 0.1) is 0 Å². The van der Waals surface area contributed by atoms with E-state index in [1.54, 1.807) is 0 Å². The van der Waals surface area contributed by atoms with E-state index in [1.165, 1.54) is 38.7 Å². The van der Waals surface area contributed by atoms with Crippen LogP contribution in [-0.2, 0) is 6.54 Å². The van der Waals surface area contributed by atoms with Gasteiger partial charge in [-0.1, -0.05) is 60.7 Å². The predicted octanol–water partition coefficient (Wildman–Crippen LogP) is 6.66. The van der Waals surface area contributed by atoms with Crippen molar-refractivity contribution in [2.24, 2.45) is 0 Å². The third-order valence-electron chi connectivity index (χ3n) is 5.05. The van der Waals surface area contributed by atoms with Crippen LogP contribution >= 0.6 is 0 Å². The number of aromatic amines is 1. The molecule has 0 saturated heterocycles. The summed E-state index contributed by atoms with van der Waals surface area (Å²) in [4.78, 5) is 5.87. The number of aromatic nitrogens is 1. The van der Waals surface area contributed by atoms with Gasteiger partial charge in [-0.3, -0.25) is 0 Å². The van der Waals surface area contributed by atoms with Gasteiger partial charge in [-0.2, -0.15) is 0 Å². The van der Waals surface area contributed by atoms with Gasteiger partial charge in [-0.15, -0.1) is 0 Å². The molecule has 0 aliphatic carbocycles. The average Bonchev–Trinajstić information content (AvgIpc) is 3.11. The molecule has 5 aromatic rings. The Kier molecular flexibility index (Phi) is 3.87. The highest BCUT2D eigenvalue weighted by Crippen LogP contribution is 2.30. The van der Waals surface area contributed by atoms with Crippen molar-refractivity contribution < 1.29 is 0 Å². The minimum Gasteiger partial charge on any atom is -0.355 e. The van der Waals surface area contributed by atoms with Crippen molar-refractivity contribution in [2.45, 2.75) is 6.54 Å². The van der Waals surface area contributed by atoms with Gasteiger partial charge in [0.05, 0.1) is 0 Å². The molecule has 0 fully saturated rings. The van der Waals surface area contributed by atoms with Crippen molar-refractivity contribution in [3.05, 3.63) is 109 Å². The van der Waals surface area contributed by atoms with Gasteiger partial charge in [0.2, 0.25) is 0 Å². The molecule has 0 aliphatic heterocycles. The fourth-order valence-electron chi connectivity index (χ4n) is 3.72. The van der Waals surface area contributed by atoms with Gasteiger partial charge >= 0.3 is 0 Å². The molecule has 0 radical (unpaired) electrons. The Morgan fingerprint density at radius 3 is 1.85 bits per heavy atom. The predicted molar refractivity (Wildman–Crippen MR) is 115 cm³/mol. The summed E-state index contributed by atoms with van der Waals surface area (Å²) in [6, 6.07) is 36.4. The molecule has 0 saturated carbocycles. The van der Waals surface area contributed by atoms with Crippen molar-refractivity contribution in [3.63, 3.8) is 0 Å². The van der Waals surface area contributed by atoms with Crippen LogP contribution in [0.4, 0.5) is 11.4 Å². The Morgan fingerprint density at radius 1 is 0.556 bits per heavy atom. The molecule has 5 rings (SSSR count). The lowest BCUT2D eigenvalue weighted by Crippen LogP contribution is -2.16. The zero-order chi connectivity index (χ0) is 18.1. The lowest BCUT2D eigenvalue weighted by atomic mass is 10.1. The highest BCUT2D eigenvalue weighted by Gasteiger charge is 2.11. The van der Waals surface area contributed by atoms with Crippen LogP contribution in [0.1, 0.15) is 5.56 Å². The topological polar surface area (TPSA) is 19.0 Å². The van der Waals surface area contributed by atoms with Crippen LogP contribution in [0.15, 0.2) is 103 Å². The summed E-state index contributed by atoms with van der Waals surface area (Å²) < 4.78 is 0. The molecule has 0 atom stereocenters. The first-order valence-electron chi connectivity index (χ1n) is 9.25. The third kappa shape index (κ3) is 2.96. The number of anilines is 2. The molecule has 1 aromatic heterocycles. The van der Waals surface area contributed by atoms with E-state index in [1.807, 2.05) is 0 Å². The number of H-pyrrole nitrogens is 1. The van der Waals surface area contributed by atoms with Crippen molar-refractivity contribution in [2.75, 3.05) is 4.90 Å². The molecule has 27 heavy (non-hydrogen) atoms. The highest BCUT2D eigenvalue weighted by molar-refractivity contribution is 6.07. The van der Waals surface area contributed by atoms with Gasteiger partial charge in [-0.25, -0.2) is 0 Å². The van der Waals surface area contributed by atoms with Crippen LogP contribution in [0.5, 0.6) is 0 Å². The fraction of sp³-hybridized carbons (Fsp3) is 0.0400. The maximum Gasteiger partial charge on any atom is 0.0481 e. The largest absolute Gasteiger partial charge is 0.355 e. The smallest absolute Gasteiger partial charge is 0.0481 e. The molecular formula is C25H20N2. The number of hydrogen-bond acceptors (Lipinski definition) is 1. The van der Waals surface area contributed by atoms with Gasteiger partial charge in [-0.05, 0) is 48.0 Å². The minimum absolute atomic E-state index is 0.823. The molecule has 2 heteroatoms. The fourth-order valence-corrected chi connectivity index (χ4v) is 3.72. The summed E-state index contributed by atoms with van der Waals surface area (Å²) in [5.74, 6) is 0. The second-order valence-corrected chi connectivity index (χ2v) is 6.81. The second-order valence-electron chi connectivity index (χ2n) is 6.81. The van der Waals surface area contributed by atoms with E-state index < -0.39 is 0 Å². The molecular weight excluding hydrogens is 328 g/mol. The molecule has 1 N–H and O–H groups in total. The summed E-state index contributed by atoms with van der Waals surface area (Å²) in [5, 5.41) is 2.56. The SMILES string of the molecule is c1ccc(N(Cc2ccc3[nH]c4ccccc4c3c2)c2ccccc2)cc1.